The Kier molecular flexibility index (Phi) is 7.66. The number of nitrogens with zero attached hydrogens (tertiary/aromatic N) is 1. The first-order valence-corrected chi connectivity index (χ1v) is 5.68. The van der Waals surface area contributed by atoms with Crippen LogP contribution >= 0.6 is 0 Å². The summed E-state index contributed by atoms with van der Waals surface area (Å²) >= 11 is 0. The van der Waals surface area contributed by atoms with Gasteiger partial charge in [0.1, 0.15) is 5.82 Å². The predicted molar refractivity (Wildman–Crippen MR) is 61.2 cm³/mol. The molecule has 0 spiro atoms. The standard InChI is InChI=1S/C10H18N2.BF4/c1-3-4-9(2)5-6-10-11-7-8-12-10;2-1(3,4)5/h7-9H,3-6H2,1-2H3,(H,11,12);/q;-1. The van der Waals surface area contributed by atoms with E-state index in [-0.39, 0.29) is 0 Å². The van der Waals surface area contributed by atoms with Crippen molar-refractivity contribution in [2.45, 2.75) is 39.5 Å². The normalized spacial score (nSPS) is 12.8. The molecule has 0 fully saturated rings. The molecular weight excluding hydrogens is 235 g/mol. The van der Waals surface area contributed by atoms with E-state index >= 15 is 0 Å². The van der Waals surface area contributed by atoms with Crippen molar-refractivity contribution in [3.05, 3.63) is 18.2 Å². The van der Waals surface area contributed by atoms with E-state index in [1.807, 2.05) is 12.4 Å². The van der Waals surface area contributed by atoms with Crippen LogP contribution in [0.15, 0.2) is 12.4 Å². The van der Waals surface area contributed by atoms with Gasteiger partial charge >= 0.3 is 7.25 Å². The summed E-state index contributed by atoms with van der Waals surface area (Å²) in [5, 5.41) is 0. The second-order valence-corrected chi connectivity index (χ2v) is 3.96. The number of aromatic amines is 1. The second kappa shape index (κ2) is 8.14. The van der Waals surface area contributed by atoms with Crippen molar-refractivity contribution in [3.63, 3.8) is 0 Å². The van der Waals surface area contributed by atoms with Gasteiger partial charge in [-0.05, 0) is 12.3 Å². The summed E-state index contributed by atoms with van der Waals surface area (Å²) in [4.78, 5) is 7.32. The molecule has 0 aliphatic carbocycles. The summed E-state index contributed by atoms with van der Waals surface area (Å²) in [5.74, 6) is 1.96. The Bertz CT molecular complexity index is 268. The molecule has 0 aliphatic heterocycles. The zero-order valence-corrected chi connectivity index (χ0v) is 10.1. The van der Waals surface area contributed by atoms with Crippen LogP contribution < -0.4 is 0 Å². The van der Waals surface area contributed by atoms with Gasteiger partial charge in [0.25, 0.3) is 0 Å². The number of H-pyrrole nitrogens is 1. The van der Waals surface area contributed by atoms with Gasteiger partial charge < -0.3 is 22.2 Å². The van der Waals surface area contributed by atoms with Crippen LogP contribution in [0, 0.1) is 5.92 Å². The molecule has 1 aromatic heterocycles. The predicted octanol–water partition coefficient (Wildman–Crippen LogP) is 4.08. The molecule has 2 nitrogen and oxygen atoms in total. The Morgan fingerprint density at radius 2 is 1.88 bits per heavy atom. The summed E-state index contributed by atoms with van der Waals surface area (Å²) in [6, 6.07) is 0. The topological polar surface area (TPSA) is 28.7 Å². The largest absolute Gasteiger partial charge is 0.673 e. The van der Waals surface area contributed by atoms with E-state index in [2.05, 4.69) is 23.8 Å². The fourth-order valence-electron chi connectivity index (χ4n) is 1.45. The lowest BCUT2D eigenvalue weighted by Gasteiger charge is -2.07. The van der Waals surface area contributed by atoms with Crippen LogP contribution in [0.5, 0.6) is 0 Å². The minimum Gasteiger partial charge on any atom is -0.418 e. The van der Waals surface area contributed by atoms with E-state index in [0.29, 0.717) is 0 Å². The zero-order valence-electron chi connectivity index (χ0n) is 10.1. The summed E-state index contributed by atoms with van der Waals surface area (Å²) in [6.45, 7) is 4.55. The lowest BCUT2D eigenvalue weighted by atomic mass is 10.0. The monoisotopic (exact) mass is 253 g/mol. The highest BCUT2D eigenvalue weighted by atomic mass is 19.5. The third kappa shape index (κ3) is 12.9. The van der Waals surface area contributed by atoms with Gasteiger partial charge in [0.05, 0.1) is 0 Å². The van der Waals surface area contributed by atoms with Crippen molar-refractivity contribution in [1.82, 2.24) is 9.97 Å². The Morgan fingerprint density at radius 1 is 1.29 bits per heavy atom. The van der Waals surface area contributed by atoms with Crippen molar-refractivity contribution in [3.8, 4) is 0 Å². The summed E-state index contributed by atoms with van der Waals surface area (Å²) < 4.78 is 39.0. The number of hydrogen-bond acceptors (Lipinski definition) is 1. The van der Waals surface area contributed by atoms with E-state index in [1.165, 1.54) is 19.3 Å². The van der Waals surface area contributed by atoms with Crippen LogP contribution in [-0.2, 0) is 6.42 Å². The molecule has 1 unspecified atom stereocenters. The molecule has 100 valence electrons. The van der Waals surface area contributed by atoms with Crippen molar-refractivity contribution in [1.29, 1.82) is 0 Å². The van der Waals surface area contributed by atoms with Gasteiger partial charge in [0.15, 0.2) is 0 Å². The summed E-state index contributed by atoms with van der Waals surface area (Å²) in [7, 11) is -6.00. The number of aromatic nitrogens is 2. The van der Waals surface area contributed by atoms with Crippen LogP contribution in [0.25, 0.3) is 0 Å². The van der Waals surface area contributed by atoms with Gasteiger partial charge in [-0.15, -0.1) is 0 Å². The number of imidazole rings is 1. The Morgan fingerprint density at radius 3 is 2.29 bits per heavy atom. The number of nitrogens with one attached hydrogen (secondary N) is 1. The van der Waals surface area contributed by atoms with E-state index in [1.54, 1.807) is 0 Å². The van der Waals surface area contributed by atoms with E-state index in [0.717, 1.165) is 18.2 Å². The van der Waals surface area contributed by atoms with Crippen LogP contribution in [0.1, 0.15) is 38.9 Å². The van der Waals surface area contributed by atoms with Gasteiger partial charge in [-0.25, -0.2) is 4.98 Å². The lowest BCUT2D eigenvalue weighted by molar-refractivity contribution is 0.368. The molecule has 0 radical (unpaired) electrons. The number of halogens is 4. The smallest absolute Gasteiger partial charge is 0.418 e. The molecule has 0 bridgehead atoms. The molecule has 0 aliphatic rings. The van der Waals surface area contributed by atoms with Crippen molar-refractivity contribution in [2.24, 2.45) is 5.92 Å². The zero-order chi connectivity index (χ0) is 13.3. The molecule has 1 N–H and O–H groups in total. The average molecular weight is 253 g/mol. The number of hydrogen-bond donors (Lipinski definition) is 1. The SMILES string of the molecule is CCCC(C)CCc1ncc[nH]1.F[B-](F)(F)F. The number of rotatable bonds is 5. The third-order valence-corrected chi connectivity index (χ3v) is 2.21. The highest BCUT2D eigenvalue weighted by Gasteiger charge is 2.20. The van der Waals surface area contributed by atoms with Crippen molar-refractivity contribution in [2.75, 3.05) is 0 Å². The molecule has 7 heteroatoms. The van der Waals surface area contributed by atoms with Crippen LogP contribution in [0.3, 0.4) is 0 Å². The molecule has 1 atom stereocenters. The highest BCUT2D eigenvalue weighted by Crippen LogP contribution is 2.11. The summed E-state index contributed by atoms with van der Waals surface area (Å²) in [5.41, 5.74) is 0. The fourth-order valence-corrected chi connectivity index (χ4v) is 1.45. The van der Waals surface area contributed by atoms with Gasteiger partial charge in [-0.1, -0.05) is 26.7 Å². The van der Waals surface area contributed by atoms with Crippen LogP contribution in [-0.4, -0.2) is 17.2 Å². The van der Waals surface area contributed by atoms with E-state index in [4.69, 9.17) is 0 Å². The Hall–Kier alpha value is -1.01. The molecule has 0 aromatic carbocycles. The van der Waals surface area contributed by atoms with E-state index < -0.39 is 7.25 Å². The first-order valence-electron chi connectivity index (χ1n) is 5.68. The average Bonchev–Trinajstić information content (AvgIpc) is 2.65. The van der Waals surface area contributed by atoms with Crippen molar-refractivity contribution >= 4 is 7.25 Å². The Balaban J connectivity index is 0.000000437. The quantitative estimate of drug-likeness (QED) is 0.621. The molecule has 1 heterocycles. The molecule has 0 amide bonds. The first kappa shape index (κ1) is 16.0. The molecule has 1 rings (SSSR count). The van der Waals surface area contributed by atoms with Gasteiger partial charge in [-0.2, -0.15) is 0 Å². The molecule has 17 heavy (non-hydrogen) atoms. The Labute approximate surface area is 98.9 Å². The van der Waals surface area contributed by atoms with E-state index in [9.17, 15) is 17.3 Å². The van der Waals surface area contributed by atoms with Gasteiger partial charge in [-0.3, -0.25) is 0 Å². The molecular formula is C10H18BF4N2-. The van der Waals surface area contributed by atoms with Gasteiger partial charge in [0.2, 0.25) is 0 Å². The lowest BCUT2D eigenvalue weighted by Crippen LogP contribution is -2.02. The second-order valence-electron chi connectivity index (χ2n) is 3.96. The van der Waals surface area contributed by atoms with Gasteiger partial charge in [0, 0.05) is 18.8 Å². The minimum absolute atomic E-state index is 0.833. The molecule has 1 aromatic rings. The number of aryl methyl sites for hydroxylation is 1. The maximum atomic E-state index is 9.75. The molecule has 0 saturated carbocycles. The fraction of sp³-hybridized carbons (Fsp3) is 0.700. The maximum absolute atomic E-state index is 9.75. The maximum Gasteiger partial charge on any atom is 0.673 e. The van der Waals surface area contributed by atoms with Crippen LogP contribution in [0.4, 0.5) is 17.3 Å². The third-order valence-electron chi connectivity index (χ3n) is 2.21. The summed E-state index contributed by atoms with van der Waals surface area (Å²) in [6.07, 6.45) is 8.68. The van der Waals surface area contributed by atoms with Crippen molar-refractivity contribution < 1.29 is 17.3 Å². The molecule has 0 saturated heterocycles. The van der Waals surface area contributed by atoms with Crippen LogP contribution in [0.2, 0.25) is 0 Å². The minimum atomic E-state index is -6.00. The highest BCUT2D eigenvalue weighted by molar-refractivity contribution is 6.50. The first-order chi connectivity index (χ1) is 7.83.